The standard InChI is InChI=1S/C11H14O3/c1-2-11(8-12,10(13)14)9-6-4-3-5-7-9/h3-7,12H,2,8H2,1H3,(H,13,14)/t11-/m0/s1. The highest BCUT2D eigenvalue weighted by molar-refractivity contribution is 5.81. The van der Waals surface area contributed by atoms with Crippen molar-refractivity contribution in [3.05, 3.63) is 35.9 Å². The highest BCUT2D eigenvalue weighted by Crippen LogP contribution is 2.27. The van der Waals surface area contributed by atoms with Crippen LogP contribution in [0.25, 0.3) is 0 Å². The van der Waals surface area contributed by atoms with Crippen molar-refractivity contribution in [1.29, 1.82) is 0 Å². The van der Waals surface area contributed by atoms with Gasteiger partial charge in [0, 0.05) is 0 Å². The molecule has 0 aliphatic rings. The predicted molar refractivity (Wildman–Crippen MR) is 53.1 cm³/mol. The van der Waals surface area contributed by atoms with Gasteiger partial charge in [-0.15, -0.1) is 0 Å². The molecule has 0 fully saturated rings. The van der Waals surface area contributed by atoms with Gasteiger partial charge in [-0.3, -0.25) is 4.79 Å². The molecule has 1 aromatic carbocycles. The van der Waals surface area contributed by atoms with Gasteiger partial charge in [0.25, 0.3) is 0 Å². The predicted octanol–water partition coefficient (Wildman–Crippen LogP) is 1.41. The van der Waals surface area contributed by atoms with Gasteiger partial charge in [0.05, 0.1) is 6.61 Å². The molecule has 3 nitrogen and oxygen atoms in total. The van der Waals surface area contributed by atoms with E-state index in [1.54, 1.807) is 31.2 Å². The Bertz CT molecular complexity index is 302. The van der Waals surface area contributed by atoms with Crippen molar-refractivity contribution >= 4 is 5.97 Å². The summed E-state index contributed by atoms with van der Waals surface area (Å²) < 4.78 is 0. The second kappa shape index (κ2) is 4.24. The first-order chi connectivity index (χ1) is 6.67. The van der Waals surface area contributed by atoms with Crippen molar-refractivity contribution in [2.75, 3.05) is 6.61 Å². The minimum Gasteiger partial charge on any atom is -0.481 e. The molecule has 0 bridgehead atoms. The molecule has 0 saturated carbocycles. The maximum atomic E-state index is 11.1. The molecule has 0 aliphatic carbocycles. The fourth-order valence-corrected chi connectivity index (χ4v) is 1.51. The molecular weight excluding hydrogens is 180 g/mol. The van der Waals surface area contributed by atoms with Gasteiger partial charge in [-0.25, -0.2) is 0 Å². The Balaban J connectivity index is 3.18. The Morgan fingerprint density at radius 1 is 1.36 bits per heavy atom. The first-order valence-corrected chi connectivity index (χ1v) is 4.57. The van der Waals surface area contributed by atoms with Gasteiger partial charge >= 0.3 is 5.97 Å². The van der Waals surface area contributed by atoms with E-state index in [1.807, 2.05) is 6.07 Å². The number of aliphatic hydroxyl groups is 1. The van der Waals surface area contributed by atoms with Crippen LogP contribution < -0.4 is 0 Å². The molecule has 0 unspecified atom stereocenters. The molecule has 2 N–H and O–H groups in total. The minimum absolute atomic E-state index is 0.372. The van der Waals surface area contributed by atoms with Crippen LogP contribution in [-0.4, -0.2) is 22.8 Å². The van der Waals surface area contributed by atoms with Crippen LogP contribution >= 0.6 is 0 Å². The lowest BCUT2D eigenvalue weighted by atomic mass is 9.79. The molecule has 0 amide bonds. The Morgan fingerprint density at radius 3 is 2.29 bits per heavy atom. The van der Waals surface area contributed by atoms with E-state index in [1.165, 1.54) is 0 Å². The van der Waals surface area contributed by atoms with Crippen LogP contribution in [0.3, 0.4) is 0 Å². The second-order valence-electron chi connectivity index (χ2n) is 3.26. The third-order valence-corrected chi connectivity index (χ3v) is 2.61. The van der Waals surface area contributed by atoms with E-state index in [0.29, 0.717) is 12.0 Å². The van der Waals surface area contributed by atoms with Gasteiger partial charge in [-0.05, 0) is 12.0 Å². The summed E-state index contributed by atoms with van der Waals surface area (Å²) in [7, 11) is 0. The van der Waals surface area contributed by atoms with Crippen molar-refractivity contribution in [2.45, 2.75) is 18.8 Å². The first-order valence-electron chi connectivity index (χ1n) is 4.57. The van der Waals surface area contributed by atoms with Gasteiger partial charge in [0.2, 0.25) is 0 Å². The molecule has 1 aromatic rings. The number of hydrogen-bond acceptors (Lipinski definition) is 2. The Hall–Kier alpha value is -1.35. The van der Waals surface area contributed by atoms with Gasteiger partial charge in [0.1, 0.15) is 5.41 Å². The van der Waals surface area contributed by atoms with E-state index in [-0.39, 0.29) is 6.61 Å². The number of benzene rings is 1. The summed E-state index contributed by atoms with van der Waals surface area (Å²) in [5.74, 6) is -0.978. The largest absolute Gasteiger partial charge is 0.481 e. The van der Waals surface area contributed by atoms with Crippen molar-refractivity contribution in [3.8, 4) is 0 Å². The molecular formula is C11H14O3. The van der Waals surface area contributed by atoms with Crippen LogP contribution in [0.4, 0.5) is 0 Å². The summed E-state index contributed by atoms with van der Waals surface area (Å²) in [6, 6.07) is 8.83. The van der Waals surface area contributed by atoms with Gasteiger partial charge in [-0.1, -0.05) is 37.3 Å². The zero-order chi connectivity index (χ0) is 10.6. The van der Waals surface area contributed by atoms with E-state index < -0.39 is 11.4 Å². The van der Waals surface area contributed by atoms with Crippen LogP contribution in [-0.2, 0) is 10.2 Å². The van der Waals surface area contributed by atoms with Crippen molar-refractivity contribution in [3.63, 3.8) is 0 Å². The summed E-state index contributed by atoms with van der Waals surface area (Å²) in [5.41, 5.74) is -0.501. The number of carbonyl (C=O) groups is 1. The smallest absolute Gasteiger partial charge is 0.316 e. The number of carboxylic acid groups (broad SMARTS) is 1. The molecule has 0 aromatic heterocycles. The maximum Gasteiger partial charge on any atom is 0.316 e. The average molecular weight is 194 g/mol. The van der Waals surface area contributed by atoms with E-state index >= 15 is 0 Å². The zero-order valence-electron chi connectivity index (χ0n) is 8.10. The highest BCUT2D eigenvalue weighted by Gasteiger charge is 2.37. The number of carboxylic acids is 1. The minimum atomic E-state index is -1.15. The van der Waals surface area contributed by atoms with Crippen LogP contribution in [0.2, 0.25) is 0 Å². The average Bonchev–Trinajstić information content (AvgIpc) is 2.22. The van der Waals surface area contributed by atoms with E-state index in [0.717, 1.165) is 0 Å². The summed E-state index contributed by atoms with van der Waals surface area (Å²) in [4.78, 5) is 11.1. The zero-order valence-corrected chi connectivity index (χ0v) is 8.10. The molecule has 3 heteroatoms. The van der Waals surface area contributed by atoms with Crippen molar-refractivity contribution < 1.29 is 15.0 Å². The lowest BCUT2D eigenvalue weighted by molar-refractivity contribution is -0.145. The molecule has 0 aliphatic heterocycles. The third kappa shape index (κ3) is 1.63. The summed E-state index contributed by atoms with van der Waals surface area (Å²) in [6.45, 7) is 1.39. The maximum absolute atomic E-state index is 11.1. The van der Waals surface area contributed by atoms with Gasteiger partial charge in [-0.2, -0.15) is 0 Å². The Kier molecular flexibility index (Phi) is 3.25. The molecule has 1 rings (SSSR count). The molecule has 0 radical (unpaired) electrons. The molecule has 14 heavy (non-hydrogen) atoms. The number of hydrogen-bond donors (Lipinski definition) is 2. The molecule has 1 atom stereocenters. The second-order valence-corrected chi connectivity index (χ2v) is 3.26. The van der Waals surface area contributed by atoms with Gasteiger partial charge in [0.15, 0.2) is 0 Å². The molecule has 0 heterocycles. The molecule has 0 spiro atoms. The third-order valence-electron chi connectivity index (χ3n) is 2.61. The van der Waals surface area contributed by atoms with Crippen molar-refractivity contribution in [1.82, 2.24) is 0 Å². The van der Waals surface area contributed by atoms with Crippen LogP contribution in [0.15, 0.2) is 30.3 Å². The highest BCUT2D eigenvalue weighted by atomic mass is 16.4. The van der Waals surface area contributed by atoms with Crippen LogP contribution in [0, 0.1) is 0 Å². The Morgan fingerprint density at radius 2 is 1.93 bits per heavy atom. The lowest BCUT2D eigenvalue weighted by Gasteiger charge is -2.25. The van der Waals surface area contributed by atoms with Crippen LogP contribution in [0.5, 0.6) is 0 Å². The summed E-state index contributed by atoms with van der Waals surface area (Å²) >= 11 is 0. The topological polar surface area (TPSA) is 57.5 Å². The normalized spacial score (nSPS) is 14.7. The van der Waals surface area contributed by atoms with Gasteiger partial charge < -0.3 is 10.2 Å². The number of rotatable bonds is 4. The molecule has 76 valence electrons. The number of aliphatic carboxylic acids is 1. The monoisotopic (exact) mass is 194 g/mol. The lowest BCUT2D eigenvalue weighted by Crippen LogP contribution is -2.38. The van der Waals surface area contributed by atoms with E-state index in [2.05, 4.69) is 0 Å². The van der Waals surface area contributed by atoms with E-state index in [9.17, 15) is 9.90 Å². The molecule has 0 saturated heterocycles. The fraction of sp³-hybridized carbons (Fsp3) is 0.364. The quantitative estimate of drug-likeness (QED) is 0.762. The van der Waals surface area contributed by atoms with E-state index in [4.69, 9.17) is 5.11 Å². The first kappa shape index (κ1) is 10.7. The number of aliphatic hydroxyl groups excluding tert-OH is 1. The fourth-order valence-electron chi connectivity index (χ4n) is 1.51. The van der Waals surface area contributed by atoms with Crippen LogP contribution in [0.1, 0.15) is 18.9 Å². The Labute approximate surface area is 83.0 Å². The summed E-state index contributed by atoms with van der Waals surface area (Å²) in [6.07, 6.45) is 0.378. The van der Waals surface area contributed by atoms with Crippen molar-refractivity contribution in [2.24, 2.45) is 0 Å². The summed E-state index contributed by atoms with van der Waals surface area (Å²) in [5, 5.41) is 18.3. The SMILES string of the molecule is CC[C@@](CO)(C(=O)O)c1ccccc1.